The molecule has 1 saturated heterocycles. The fourth-order valence-corrected chi connectivity index (χ4v) is 3.00. The van der Waals surface area contributed by atoms with Gasteiger partial charge in [0.25, 0.3) is 5.91 Å². The van der Waals surface area contributed by atoms with E-state index in [1.165, 1.54) is 4.90 Å². The molecule has 1 N–H and O–H groups in total. The van der Waals surface area contributed by atoms with Crippen LogP contribution in [0.4, 0.5) is 5.69 Å². The van der Waals surface area contributed by atoms with E-state index in [1.54, 1.807) is 12.1 Å². The highest BCUT2D eigenvalue weighted by Gasteiger charge is 2.32. The summed E-state index contributed by atoms with van der Waals surface area (Å²) in [6.45, 7) is 6.53. The summed E-state index contributed by atoms with van der Waals surface area (Å²) in [4.78, 5) is 27.6. The van der Waals surface area contributed by atoms with Gasteiger partial charge in [-0.05, 0) is 57.4 Å². The average molecular weight is 304 g/mol. The zero-order valence-corrected chi connectivity index (χ0v) is 13.3. The van der Waals surface area contributed by atoms with Crippen molar-refractivity contribution in [1.82, 2.24) is 4.90 Å². The summed E-state index contributed by atoms with van der Waals surface area (Å²) in [5.41, 5.74) is 1.64. The highest BCUT2D eigenvalue weighted by molar-refractivity contribution is 5.97. The van der Waals surface area contributed by atoms with Crippen LogP contribution in [0.5, 0.6) is 0 Å². The van der Waals surface area contributed by atoms with Crippen LogP contribution in [0, 0.1) is 0 Å². The van der Waals surface area contributed by atoms with Crippen LogP contribution >= 0.6 is 0 Å². The SMILES string of the molecule is CCN(CC)c1ccc(C(=O)N2CCCCC2C(=O)O)cc1. The summed E-state index contributed by atoms with van der Waals surface area (Å²) in [5.74, 6) is -1.09. The maximum atomic E-state index is 12.6. The Kier molecular flexibility index (Phi) is 5.41. The summed E-state index contributed by atoms with van der Waals surface area (Å²) in [6.07, 6.45) is 2.27. The Labute approximate surface area is 131 Å². The molecule has 0 aliphatic carbocycles. The Bertz CT molecular complexity index is 523. The molecule has 5 nitrogen and oxygen atoms in total. The van der Waals surface area contributed by atoms with Crippen LogP contribution < -0.4 is 4.90 Å². The molecule has 1 fully saturated rings. The maximum Gasteiger partial charge on any atom is 0.326 e. The van der Waals surface area contributed by atoms with E-state index >= 15 is 0 Å². The number of benzene rings is 1. The minimum Gasteiger partial charge on any atom is -0.480 e. The van der Waals surface area contributed by atoms with Crippen LogP contribution in [0.15, 0.2) is 24.3 Å². The van der Waals surface area contributed by atoms with Gasteiger partial charge in [-0.15, -0.1) is 0 Å². The summed E-state index contributed by atoms with van der Waals surface area (Å²) in [6, 6.07) is 6.76. The van der Waals surface area contributed by atoms with Crippen LogP contribution in [0.3, 0.4) is 0 Å². The van der Waals surface area contributed by atoms with Crippen LogP contribution in [-0.4, -0.2) is 47.6 Å². The van der Waals surface area contributed by atoms with Gasteiger partial charge in [0.15, 0.2) is 0 Å². The number of carbonyl (C=O) groups excluding carboxylic acids is 1. The number of anilines is 1. The lowest BCUT2D eigenvalue weighted by molar-refractivity contribution is -0.143. The molecular weight excluding hydrogens is 280 g/mol. The number of likely N-dealkylation sites (tertiary alicyclic amines) is 1. The normalized spacial score (nSPS) is 18.1. The van der Waals surface area contributed by atoms with E-state index in [1.807, 2.05) is 12.1 Å². The number of carboxylic acid groups (broad SMARTS) is 1. The third kappa shape index (κ3) is 3.40. The first-order valence-electron chi connectivity index (χ1n) is 7.97. The van der Waals surface area contributed by atoms with Crippen molar-refractivity contribution in [3.63, 3.8) is 0 Å². The topological polar surface area (TPSA) is 60.9 Å². The van der Waals surface area contributed by atoms with E-state index in [4.69, 9.17) is 0 Å². The summed E-state index contributed by atoms with van der Waals surface area (Å²) < 4.78 is 0. The number of carbonyl (C=O) groups is 2. The van der Waals surface area contributed by atoms with Crippen LogP contribution in [0.2, 0.25) is 0 Å². The zero-order chi connectivity index (χ0) is 16.1. The standard InChI is InChI=1S/C17H24N2O3/c1-3-18(4-2)14-10-8-13(9-11-14)16(20)19-12-6-5-7-15(19)17(21)22/h8-11,15H,3-7,12H2,1-2H3,(H,21,22). The quantitative estimate of drug-likeness (QED) is 0.908. The van der Waals surface area contributed by atoms with E-state index in [9.17, 15) is 14.7 Å². The van der Waals surface area contributed by atoms with Crippen molar-refractivity contribution >= 4 is 17.6 Å². The lowest BCUT2D eigenvalue weighted by atomic mass is 10.0. The van der Waals surface area contributed by atoms with Gasteiger partial charge in [0.1, 0.15) is 6.04 Å². The first-order valence-corrected chi connectivity index (χ1v) is 7.97. The fourth-order valence-electron chi connectivity index (χ4n) is 3.00. The lowest BCUT2D eigenvalue weighted by Gasteiger charge is -2.33. The molecule has 1 atom stereocenters. The first-order chi connectivity index (χ1) is 10.6. The van der Waals surface area contributed by atoms with Gasteiger partial charge in [0.05, 0.1) is 0 Å². The maximum absolute atomic E-state index is 12.6. The minimum absolute atomic E-state index is 0.182. The molecule has 1 unspecified atom stereocenters. The summed E-state index contributed by atoms with van der Waals surface area (Å²) in [5, 5.41) is 9.28. The highest BCUT2D eigenvalue weighted by Crippen LogP contribution is 2.21. The van der Waals surface area contributed by atoms with Crippen molar-refractivity contribution in [2.75, 3.05) is 24.5 Å². The Morgan fingerprint density at radius 2 is 1.82 bits per heavy atom. The van der Waals surface area contributed by atoms with Crippen LogP contribution in [0.25, 0.3) is 0 Å². The van der Waals surface area contributed by atoms with Crippen LogP contribution in [0.1, 0.15) is 43.5 Å². The van der Waals surface area contributed by atoms with Gasteiger partial charge in [0, 0.05) is 30.9 Å². The highest BCUT2D eigenvalue weighted by atomic mass is 16.4. The molecule has 120 valence electrons. The minimum atomic E-state index is -0.909. The predicted molar refractivity (Wildman–Crippen MR) is 86.3 cm³/mol. The molecule has 1 aromatic carbocycles. The Balaban J connectivity index is 2.16. The van der Waals surface area contributed by atoms with Gasteiger partial charge >= 0.3 is 5.97 Å². The van der Waals surface area contributed by atoms with Gasteiger partial charge in [0.2, 0.25) is 0 Å². The molecule has 0 bridgehead atoms. The molecule has 0 spiro atoms. The smallest absolute Gasteiger partial charge is 0.326 e. The van der Waals surface area contributed by atoms with Crippen molar-refractivity contribution in [3.05, 3.63) is 29.8 Å². The van der Waals surface area contributed by atoms with Gasteiger partial charge < -0.3 is 14.9 Å². The molecule has 0 aromatic heterocycles. The lowest BCUT2D eigenvalue weighted by Crippen LogP contribution is -2.47. The monoisotopic (exact) mass is 304 g/mol. The fraction of sp³-hybridized carbons (Fsp3) is 0.529. The second kappa shape index (κ2) is 7.29. The Hall–Kier alpha value is -2.04. The van der Waals surface area contributed by atoms with Crippen molar-refractivity contribution in [2.24, 2.45) is 0 Å². The van der Waals surface area contributed by atoms with E-state index in [2.05, 4.69) is 18.7 Å². The molecule has 0 radical (unpaired) electrons. The molecule has 5 heteroatoms. The van der Waals surface area contributed by atoms with E-state index < -0.39 is 12.0 Å². The Morgan fingerprint density at radius 1 is 1.18 bits per heavy atom. The number of rotatable bonds is 5. The van der Waals surface area contributed by atoms with Gasteiger partial charge in [-0.25, -0.2) is 4.79 Å². The van der Waals surface area contributed by atoms with Crippen LogP contribution in [-0.2, 0) is 4.79 Å². The van der Waals surface area contributed by atoms with E-state index in [0.29, 0.717) is 18.5 Å². The molecule has 22 heavy (non-hydrogen) atoms. The van der Waals surface area contributed by atoms with E-state index in [-0.39, 0.29) is 5.91 Å². The summed E-state index contributed by atoms with van der Waals surface area (Å²) >= 11 is 0. The second-order valence-corrected chi connectivity index (χ2v) is 5.57. The number of aliphatic carboxylic acids is 1. The van der Waals surface area contributed by atoms with Gasteiger partial charge in [-0.2, -0.15) is 0 Å². The molecule has 1 amide bonds. The molecule has 1 aliphatic rings. The second-order valence-electron chi connectivity index (χ2n) is 5.57. The zero-order valence-electron chi connectivity index (χ0n) is 13.3. The van der Waals surface area contributed by atoms with Crippen molar-refractivity contribution < 1.29 is 14.7 Å². The molecule has 0 saturated carbocycles. The van der Waals surface area contributed by atoms with Gasteiger partial charge in [-0.1, -0.05) is 0 Å². The van der Waals surface area contributed by atoms with Crippen molar-refractivity contribution in [3.8, 4) is 0 Å². The number of amides is 1. The summed E-state index contributed by atoms with van der Waals surface area (Å²) in [7, 11) is 0. The number of hydrogen-bond acceptors (Lipinski definition) is 3. The molecule has 1 aliphatic heterocycles. The van der Waals surface area contributed by atoms with Gasteiger partial charge in [-0.3, -0.25) is 4.79 Å². The number of nitrogens with zero attached hydrogens (tertiary/aromatic N) is 2. The molecule has 1 heterocycles. The number of piperidine rings is 1. The number of carboxylic acids is 1. The number of hydrogen-bond donors (Lipinski definition) is 1. The molecule has 1 aromatic rings. The average Bonchev–Trinajstić information content (AvgIpc) is 2.56. The largest absolute Gasteiger partial charge is 0.480 e. The first kappa shape index (κ1) is 16.3. The molecule has 2 rings (SSSR count). The molecular formula is C17H24N2O3. The third-order valence-electron chi connectivity index (χ3n) is 4.29. The van der Waals surface area contributed by atoms with Crippen molar-refractivity contribution in [2.45, 2.75) is 39.2 Å². The third-order valence-corrected chi connectivity index (χ3v) is 4.29. The van der Waals surface area contributed by atoms with E-state index in [0.717, 1.165) is 31.6 Å². The van der Waals surface area contributed by atoms with Crippen molar-refractivity contribution in [1.29, 1.82) is 0 Å². The Morgan fingerprint density at radius 3 is 2.36 bits per heavy atom. The predicted octanol–water partition coefficient (Wildman–Crippen LogP) is 2.61.